The second-order valence-electron chi connectivity index (χ2n) is 4.46. The summed E-state index contributed by atoms with van der Waals surface area (Å²) in [5, 5.41) is 3.53. The molecule has 1 saturated carbocycles. The van der Waals surface area contributed by atoms with Crippen molar-refractivity contribution in [3.8, 4) is 0 Å². The van der Waals surface area contributed by atoms with Gasteiger partial charge in [-0.25, -0.2) is 0 Å². The van der Waals surface area contributed by atoms with Crippen LogP contribution in [0.1, 0.15) is 26.7 Å². The smallest absolute Gasteiger partial charge is 0.0373 e. The number of pyridine rings is 1. The normalized spacial score (nSPS) is 24.9. The van der Waals surface area contributed by atoms with Gasteiger partial charge < -0.3 is 5.32 Å². The molecule has 1 N–H and O–H groups in total. The third-order valence-corrected chi connectivity index (χ3v) is 3.04. The standard InChI is InChI=1S/C11H16N2/c1-11(2)6-3-10(11)13-9-4-7-12-8-5-9/h4-5,7-8,10H,3,6H2,1-2H3,(H,12,13). The molecule has 2 heteroatoms. The lowest BCUT2D eigenvalue weighted by molar-refractivity contribution is 0.160. The van der Waals surface area contributed by atoms with Gasteiger partial charge in [-0.1, -0.05) is 13.8 Å². The van der Waals surface area contributed by atoms with E-state index in [1.54, 1.807) is 0 Å². The molecule has 1 fully saturated rings. The highest BCUT2D eigenvalue weighted by atomic mass is 15.0. The zero-order valence-corrected chi connectivity index (χ0v) is 8.25. The Morgan fingerprint density at radius 3 is 2.54 bits per heavy atom. The van der Waals surface area contributed by atoms with Gasteiger partial charge in [-0.2, -0.15) is 0 Å². The van der Waals surface area contributed by atoms with Crippen molar-refractivity contribution in [1.82, 2.24) is 4.98 Å². The molecule has 1 heterocycles. The van der Waals surface area contributed by atoms with E-state index in [2.05, 4.69) is 24.1 Å². The molecule has 1 aliphatic rings. The molecule has 1 unspecified atom stereocenters. The van der Waals surface area contributed by atoms with Crippen LogP contribution in [0, 0.1) is 5.41 Å². The van der Waals surface area contributed by atoms with Crippen LogP contribution in [0.2, 0.25) is 0 Å². The van der Waals surface area contributed by atoms with E-state index in [1.165, 1.54) is 18.5 Å². The van der Waals surface area contributed by atoms with Crippen molar-refractivity contribution in [2.24, 2.45) is 5.41 Å². The van der Waals surface area contributed by atoms with Crippen LogP contribution in [0.4, 0.5) is 5.69 Å². The first-order valence-corrected chi connectivity index (χ1v) is 4.85. The van der Waals surface area contributed by atoms with E-state index in [0.717, 1.165) is 0 Å². The van der Waals surface area contributed by atoms with Crippen LogP contribution in [-0.4, -0.2) is 11.0 Å². The Hall–Kier alpha value is -1.05. The molecule has 1 aromatic rings. The lowest BCUT2D eigenvalue weighted by atomic mass is 9.67. The molecule has 0 amide bonds. The Bertz CT molecular complexity index is 279. The maximum absolute atomic E-state index is 3.99. The van der Waals surface area contributed by atoms with Crippen LogP contribution in [0.5, 0.6) is 0 Å². The summed E-state index contributed by atoms with van der Waals surface area (Å²) in [7, 11) is 0. The van der Waals surface area contributed by atoms with Crippen molar-refractivity contribution in [1.29, 1.82) is 0 Å². The molecular weight excluding hydrogens is 160 g/mol. The van der Waals surface area contributed by atoms with E-state index >= 15 is 0 Å². The number of hydrogen-bond acceptors (Lipinski definition) is 2. The van der Waals surface area contributed by atoms with Crippen LogP contribution in [0.25, 0.3) is 0 Å². The van der Waals surface area contributed by atoms with E-state index in [4.69, 9.17) is 0 Å². The van der Waals surface area contributed by atoms with E-state index in [1.807, 2.05) is 24.5 Å². The fourth-order valence-corrected chi connectivity index (χ4v) is 1.78. The molecule has 0 aliphatic heterocycles. The summed E-state index contributed by atoms with van der Waals surface area (Å²) >= 11 is 0. The topological polar surface area (TPSA) is 24.9 Å². The molecule has 13 heavy (non-hydrogen) atoms. The van der Waals surface area contributed by atoms with Gasteiger partial charge in [-0.05, 0) is 30.4 Å². The molecule has 0 bridgehead atoms. The number of hydrogen-bond donors (Lipinski definition) is 1. The van der Waals surface area contributed by atoms with Gasteiger partial charge in [0, 0.05) is 24.1 Å². The predicted octanol–water partition coefficient (Wildman–Crippen LogP) is 2.68. The fourth-order valence-electron chi connectivity index (χ4n) is 1.78. The Morgan fingerprint density at radius 1 is 1.38 bits per heavy atom. The largest absolute Gasteiger partial charge is 0.382 e. The maximum atomic E-state index is 3.99. The molecule has 1 atom stereocenters. The van der Waals surface area contributed by atoms with E-state index in [9.17, 15) is 0 Å². The zero-order chi connectivity index (χ0) is 9.31. The minimum atomic E-state index is 0.462. The zero-order valence-electron chi connectivity index (χ0n) is 8.25. The Balaban J connectivity index is 2.00. The summed E-state index contributed by atoms with van der Waals surface area (Å²) in [6.07, 6.45) is 6.27. The third kappa shape index (κ3) is 1.67. The first-order valence-electron chi connectivity index (χ1n) is 4.85. The van der Waals surface area contributed by atoms with Gasteiger partial charge in [0.15, 0.2) is 0 Å². The van der Waals surface area contributed by atoms with Gasteiger partial charge in [0.2, 0.25) is 0 Å². The third-order valence-electron chi connectivity index (χ3n) is 3.04. The van der Waals surface area contributed by atoms with Gasteiger partial charge in [0.25, 0.3) is 0 Å². The summed E-state index contributed by atoms with van der Waals surface area (Å²) in [6, 6.07) is 4.68. The Morgan fingerprint density at radius 2 is 2.08 bits per heavy atom. The quantitative estimate of drug-likeness (QED) is 0.749. The average molecular weight is 176 g/mol. The van der Waals surface area contributed by atoms with Gasteiger partial charge >= 0.3 is 0 Å². The minimum Gasteiger partial charge on any atom is -0.382 e. The molecule has 0 spiro atoms. The lowest BCUT2D eigenvalue weighted by Crippen LogP contribution is -2.45. The highest BCUT2D eigenvalue weighted by Crippen LogP contribution is 2.41. The molecule has 2 rings (SSSR count). The van der Waals surface area contributed by atoms with Gasteiger partial charge in [0.1, 0.15) is 0 Å². The fraction of sp³-hybridized carbons (Fsp3) is 0.545. The van der Waals surface area contributed by atoms with Crippen LogP contribution in [0.3, 0.4) is 0 Å². The van der Waals surface area contributed by atoms with Crippen molar-refractivity contribution in [2.45, 2.75) is 32.7 Å². The maximum Gasteiger partial charge on any atom is 0.0373 e. The summed E-state index contributed by atoms with van der Waals surface area (Å²) in [6.45, 7) is 4.63. The van der Waals surface area contributed by atoms with Gasteiger partial charge in [-0.15, -0.1) is 0 Å². The second-order valence-corrected chi connectivity index (χ2v) is 4.46. The predicted molar refractivity (Wildman–Crippen MR) is 54.7 cm³/mol. The number of aromatic nitrogens is 1. The lowest BCUT2D eigenvalue weighted by Gasteiger charge is -2.45. The number of nitrogens with one attached hydrogen (secondary N) is 1. The Kier molecular flexibility index (Phi) is 1.98. The molecule has 1 aromatic heterocycles. The first-order chi connectivity index (χ1) is 6.18. The summed E-state index contributed by atoms with van der Waals surface area (Å²) in [4.78, 5) is 3.99. The SMILES string of the molecule is CC1(C)CCC1Nc1ccncc1. The van der Waals surface area contributed by atoms with Crippen molar-refractivity contribution in [3.63, 3.8) is 0 Å². The Labute approximate surface area is 79.4 Å². The highest BCUT2D eigenvalue weighted by molar-refractivity contribution is 5.43. The van der Waals surface area contributed by atoms with Crippen molar-refractivity contribution in [3.05, 3.63) is 24.5 Å². The van der Waals surface area contributed by atoms with Gasteiger partial charge in [-0.3, -0.25) is 4.98 Å². The molecule has 2 nitrogen and oxygen atoms in total. The number of anilines is 1. The van der Waals surface area contributed by atoms with E-state index in [-0.39, 0.29) is 0 Å². The molecule has 0 saturated heterocycles. The van der Waals surface area contributed by atoms with Crippen molar-refractivity contribution < 1.29 is 0 Å². The number of nitrogens with zero attached hydrogens (tertiary/aromatic N) is 1. The highest BCUT2D eigenvalue weighted by Gasteiger charge is 2.38. The monoisotopic (exact) mass is 176 g/mol. The average Bonchev–Trinajstić information content (AvgIpc) is 2.15. The van der Waals surface area contributed by atoms with Crippen molar-refractivity contribution >= 4 is 5.69 Å². The second kappa shape index (κ2) is 3.02. The molecule has 70 valence electrons. The van der Waals surface area contributed by atoms with E-state index < -0.39 is 0 Å². The molecular formula is C11H16N2. The molecule has 1 aliphatic carbocycles. The van der Waals surface area contributed by atoms with Crippen molar-refractivity contribution in [2.75, 3.05) is 5.32 Å². The molecule has 0 aromatic carbocycles. The number of rotatable bonds is 2. The summed E-state index contributed by atoms with van der Waals surface area (Å²) < 4.78 is 0. The summed E-state index contributed by atoms with van der Waals surface area (Å²) in [5.74, 6) is 0. The summed E-state index contributed by atoms with van der Waals surface area (Å²) in [5.41, 5.74) is 1.65. The van der Waals surface area contributed by atoms with Crippen LogP contribution >= 0.6 is 0 Å². The minimum absolute atomic E-state index is 0.462. The molecule has 0 radical (unpaired) electrons. The van der Waals surface area contributed by atoms with Crippen LogP contribution in [-0.2, 0) is 0 Å². The van der Waals surface area contributed by atoms with Crippen LogP contribution < -0.4 is 5.32 Å². The van der Waals surface area contributed by atoms with Crippen LogP contribution in [0.15, 0.2) is 24.5 Å². The van der Waals surface area contributed by atoms with Gasteiger partial charge in [0.05, 0.1) is 0 Å². The van der Waals surface area contributed by atoms with E-state index in [0.29, 0.717) is 11.5 Å². The first kappa shape index (κ1) is 8.54.